The molecule has 2 aromatic rings. The van der Waals surface area contributed by atoms with E-state index in [-0.39, 0.29) is 5.91 Å². The molecule has 0 spiro atoms. The van der Waals surface area contributed by atoms with Crippen molar-refractivity contribution in [3.05, 3.63) is 48.0 Å². The van der Waals surface area contributed by atoms with Gasteiger partial charge in [0.15, 0.2) is 0 Å². The SMILES string of the molecule is CN(C(=O)c1ccc2ccccc2c1)C(C)(C)C(=O)O. The Hall–Kier alpha value is -2.36. The fraction of sp³-hybridized carbons (Fsp3) is 0.250. The van der Waals surface area contributed by atoms with Crippen LogP contribution in [0.5, 0.6) is 0 Å². The largest absolute Gasteiger partial charge is 0.480 e. The van der Waals surface area contributed by atoms with Gasteiger partial charge in [0.2, 0.25) is 0 Å². The normalized spacial score (nSPS) is 11.3. The van der Waals surface area contributed by atoms with Crippen molar-refractivity contribution in [2.24, 2.45) is 0 Å². The molecule has 0 saturated carbocycles. The first-order chi connectivity index (χ1) is 9.34. The van der Waals surface area contributed by atoms with Crippen molar-refractivity contribution in [3.8, 4) is 0 Å². The molecule has 1 amide bonds. The predicted molar refractivity (Wildman–Crippen MR) is 77.8 cm³/mol. The highest BCUT2D eigenvalue weighted by Gasteiger charge is 2.35. The third-order valence-corrected chi connectivity index (χ3v) is 3.66. The van der Waals surface area contributed by atoms with Gasteiger partial charge in [0, 0.05) is 12.6 Å². The average Bonchev–Trinajstić information content (AvgIpc) is 2.44. The summed E-state index contributed by atoms with van der Waals surface area (Å²) in [5.41, 5.74) is -0.761. The Bertz CT molecular complexity index is 676. The van der Waals surface area contributed by atoms with E-state index >= 15 is 0 Å². The van der Waals surface area contributed by atoms with E-state index in [2.05, 4.69) is 0 Å². The highest BCUT2D eigenvalue weighted by Crippen LogP contribution is 2.20. The van der Waals surface area contributed by atoms with Gasteiger partial charge in [0.25, 0.3) is 5.91 Å². The molecule has 20 heavy (non-hydrogen) atoms. The number of rotatable bonds is 3. The number of fused-ring (bicyclic) bond motifs is 1. The lowest BCUT2D eigenvalue weighted by molar-refractivity contribution is -0.147. The minimum Gasteiger partial charge on any atom is -0.480 e. The third kappa shape index (κ3) is 2.37. The molecule has 104 valence electrons. The lowest BCUT2D eigenvalue weighted by Gasteiger charge is -2.31. The molecule has 0 aliphatic rings. The predicted octanol–water partition coefficient (Wildman–Crippen LogP) is 2.78. The molecule has 0 unspecified atom stereocenters. The number of amides is 1. The zero-order valence-corrected chi connectivity index (χ0v) is 11.8. The van der Waals surface area contributed by atoms with Crippen LogP contribution < -0.4 is 0 Å². The Labute approximate surface area is 117 Å². The van der Waals surface area contributed by atoms with Crippen LogP contribution in [0.3, 0.4) is 0 Å². The smallest absolute Gasteiger partial charge is 0.329 e. The molecule has 0 fully saturated rings. The van der Waals surface area contributed by atoms with Gasteiger partial charge in [0.05, 0.1) is 0 Å². The lowest BCUT2D eigenvalue weighted by atomic mass is 10.0. The van der Waals surface area contributed by atoms with Crippen molar-refractivity contribution in [1.82, 2.24) is 4.90 Å². The van der Waals surface area contributed by atoms with Crippen molar-refractivity contribution < 1.29 is 14.7 Å². The van der Waals surface area contributed by atoms with Gasteiger partial charge in [-0.3, -0.25) is 4.79 Å². The number of carboxylic acids is 1. The quantitative estimate of drug-likeness (QED) is 0.933. The van der Waals surface area contributed by atoms with Crippen LogP contribution >= 0.6 is 0 Å². The summed E-state index contributed by atoms with van der Waals surface area (Å²) in [5, 5.41) is 11.2. The van der Waals surface area contributed by atoms with Gasteiger partial charge < -0.3 is 10.0 Å². The first kappa shape index (κ1) is 14.1. The number of carbonyl (C=O) groups is 2. The van der Waals surface area contributed by atoms with Gasteiger partial charge in [-0.15, -0.1) is 0 Å². The Kier molecular flexibility index (Phi) is 3.49. The van der Waals surface area contributed by atoms with Gasteiger partial charge in [-0.2, -0.15) is 0 Å². The van der Waals surface area contributed by atoms with Crippen molar-refractivity contribution >= 4 is 22.6 Å². The number of carboxylic acid groups (broad SMARTS) is 1. The molecular formula is C16H17NO3. The van der Waals surface area contributed by atoms with Crippen molar-refractivity contribution in [1.29, 1.82) is 0 Å². The number of hydrogen-bond donors (Lipinski definition) is 1. The maximum absolute atomic E-state index is 12.4. The minimum absolute atomic E-state index is 0.303. The van der Waals surface area contributed by atoms with Crippen molar-refractivity contribution in [2.75, 3.05) is 7.05 Å². The Balaban J connectivity index is 2.38. The lowest BCUT2D eigenvalue weighted by Crippen LogP contribution is -2.50. The number of aliphatic carboxylic acids is 1. The fourth-order valence-electron chi connectivity index (χ4n) is 1.91. The van der Waals surface area contributed by atoms with Gasteiger partial charge in [-0.1, -0.05) is 30.3 Å². The minimum atomic E-state index is -1.25. The maximum atomic E-state index is 12.4. The van der Waals surface area contributed by atoms with E-state index in [0.29, 0.717) is 5.56 Å². The summed E-state index contributed by atoms with van der Waals surface area (Å²) >= 11 is 0. The molecule has 2 rings (SSSR count). The van der Waals surface area contributed by atoms with Gasteiger partial charge in [0.1, 0.15) is 5.54 Å². The van der Waals surface area contributed by atoms with E-state index in [9.17, 15) is 14.7 Å². The summed E-state index contributed by atoms with van der Waals surface area (Å²) in [6, 6.07) is 13.1. The molecule has 0 bridgehead atoms. The van der Waals surface area contributed by atoms with Crippen LogP contribution in [0.25, 0.3) is 10.8 Å². The second kappa shape index (κ2) is 4.96. The van der Waals surface area contributed by atoms with Crippen LogP contribution in [0.4, 0.5) is 0 Å². The number of nitrogens with zero attached hydrogens (tertiary/aromatic N) is 1. The second-order valence-corrected chi connectivity index (χ2v) is 5.29. The average molecular weight is 271 g/mol. The van der Waals surface area contributed by atoms with E-state index in [4.69, 9.17) is 0 Å². The van der Waals surface area contributed by atoms with Crippen LogP contribution in [-0.2, 0) is 4.79 Å². The molecule has 0 radical (unpaired) electrons. The van der Waals surface area contributed by atoms with E-state index < -0.39 is 11.5 Å². The molecule has 4 heteroatoms. The zero-order chi connectivity index (χ0) is 14.9. The topological polar surface area (TPSA) is 57.6 Å². The summed E-state index contributed by atoms with van der Waals surface area (Å²) in [5.74, 6) is -1.34. The van der Waals surface area contributed by atoms with Crippen LogP contribution in [-0.4, -0.2) is 34.5 Å². The molecule has 0 atom stereocenters. The van der Waals surface area contributed by atoms with Gasteiger partial charge >= 0.3 is 5.97 Å². The summed E-state index contributed by atoms with van der Waals surface area (Å²) in [4.78, 5) is 24.9. The number of benzene rings is 2. The highest BCUT2D eigenvalue weighted by molar-refractivity contribution is 6.00. The number of carbonyl (C=O) groups excluding carboxylic acids is 1. The van der Waals surface area contributed by atoms with Crippen LogP contribution in [0.2, 0.25) is 0 Å². The van der Waals surface area contributed by atoms with E-state index in [1.807, 2.05) is 30.3 Å². The molecule has 1 N–H and O–H groups in total. The summed E-state index contributed by atoms with van der Waals surface area (Å²) in [6.07, 6.45) is 0. The third-order valence-electron chi connectivity index (χ3n) is 3.66. The molecule has 0 aliphatic carbocycles. The Morgan fingerprint density at radius 2 is 1.65 bits per heavy atom. The molecule has 4 nitrogen and oxygen atoms in total. The molecule has 0 heterocycles. The fourth-order valence-corrected chi connectivity index (χ4v) is 1.91. The summed E-state index contributed by atoms with van der Waals surface area (Å²) in [7, 11) is 1.51. The highest BCUT2D eigenvalue weighted by atomic mass is 16.4. The molecular weight excluding hydrogens is 254 g/mol. The zero-order valence-electron chi connectivity index (χ0n) is 11.8. The summed E-state index contributed by atoms with van der Waals surface area (Å²) < 4.78 is 0. The van der Waals surface area contributed by atoms with E-state index in [1.165, 1.54) is 25.8 Å². The first-order valence-electron chi connectivity index (χ1n) is 6.34. The van der Waals surface area contributed by atoms with Gasteiger partial charge in [-0.25, -0.2) is 4.79 Å². The monoisotopic (exact) mass is 271 g/mol. The van der Waals surface area contributed by atoms with Crippen LogP contribution in [0.15, 0.2) is 42.5 Å². The standard InChI is InChI=1S/C16H17NO3/c1-16(2,15(19)20)17(3)14(18)13-9-8-11-6-4-5-7-12(11)10-13/h4-10H,1-3H3,(H,19,20). The Morgan fingerprint density at radius 3 is 2.25 bits per heavy atom. The van der Waals surface area contributed by atoms with Crippen LogP contribution in [0.1, 0.15) is 24.2 Å². The van der Waals surface area contributed by atoms with E-state index in [1.54, 1.807) is 12.1 Å². The van der Waals surface area contributed by atoms with E-state index in [0.717, 1.165) is 10.8 Å². The second-order valence-electron chi connectivity index (χ2n) is 5.29. The maximum Gasteiger partial charge on any atom is 0.329 e. The molecule has 2 aromatic carbocycles. The van der Waals surface area contributed by atoms with Crippen LogP contribution in [0, 0.1) is 0 Å². The molecule has 0 aromatic heterocycles. The number of likely N-dealkylation sites (N-methyl/N-ethyl adjacent to an activating group) is 1. The summed E-state index contributed by atoms with van der Waals surface area (Å²) in [6.45, 7) is 3.02. The number of hydrogen-bond acceptors (Lipinski definition) is 2. The van der Waals surface area contributed by atoms with Crippen molar-refractivity contribution in [2.45, 2.75) is 19.4 Å². The molecule has 0 saturated heterocycles. The Morgan fingerprint density at radius 1 is 1.05 bits per heavy atom. The first-order valence-corrected chi connectivity index (χ1v) is 6.34. The van der Waals surface area contributed by atoms with Crippen molar-refractivity contribution in [3.63, 3.8) is 0 Å². The van der Waals surface area contributed by atoms with Gasteiger partial charge in [-0.05, 0) is 36.8 Å². The molecule has 0 aliphatic heterocycles.